The molecule has 140 valence electrons. The van der Waals surface area contributed by atoms with E-state index in [1.807, 2.05) is 6.92 Å². The predicted octanol–water partition coefficient (Wildman–Crippen LogP) is 3.49. The predicted molar refractivity (Wildman–Crippen MR) is 103 cm³/mol. The Hall–Kier alpha value is -3.74. The number of H-pyrrole nitrogens is 1. The number of ketones is 1. The Balaban J connectivity index is 1.84. The van der Waals surface area contributed by atoms with Gasteiger partial charge in [-0.05, 0) is 43.3 Å². The summed E-state index contributed by atoms with van der Waals surface area (Å²) < 4.78 is 15.3. The quantitative estimate of drug-likeness (QED) is 0.533. The molecule has 0 atom stereocenters. The largest absolute Gasteiger partial charge is 0.507 e. The van der Waals surface area contributed by atoms with Crippen LogP contribution in [0.1, 0.15) is 22.8 Å². The van der Waals surface area contributed by atoms with Gasteiger partial charge in [-0.2, -0.15) is 0 Å². The van der Waals surface area contributed by atoms with Crippen molar-refractivity contribution in [2.45, 2.75) is 13.5 Å². The number of aromatic hydroxyl groups is 1. The van der Waals surface area contributed by atoms with E-state index in [-0.39, 0.29) is 22.4 Å². The molecule has 0 bridgehead atoms. The number of carbonyl (C=O) groups is 1. The van der Waals surface area contributed by atoms with Gasteiger partial charge >= 0.3 is 0 Å². The molecule has 0 spiro atoms. The molecule has 0 saturated heterocycles. The van der Waals surface area contributed by atoms with Crippen molar-refractivity contribution in [3.63, 3.8) is 0 Å². The first kappa shape index (κ1) is 17.7. The first-order chi connectivity index (χ1) is 13.5. The first-order valence-corrected chi connectivity index (χ1v) is 8.70. The Kier molecular flexibility index (Phi) is 4.27. The fourth-order valence-corrected chi connectivity index (χ4v) is 3.15. The maximum atomic E-state index is 13.5. The topological polar surface area (TPSA) is 88.0 Å². The number of hydrogen-bond donors (Lipinski definition) is 2. The third-order valence-corrected chi connectivity index (χ3v) is 4.56. The van der Waals surface area contributed by atoms with Crippen molar-refractivity contribution in [1.82, 2.24) is 14.5 Å². The number of carbonyl (C=O) groups excluding carboxylic acids is 1. The minimum atomic E-state index is -0.614. The number of aromatic amines is 1. The minimum absolute atomic E-state index is 0.125. The Morgan fingerprint density at radius 3 is 2.79 bits per heavy atom. The number of benzene rings is 2. The van der Waals surface area contributed by atoms with E-state index in [4.69, 9.17) is 0 Å². The van der Waals surface area contributed by atoms with E-state index >= 15 is 0 Å². The van der Waals surface area contributed by atoms with Gasteiger partial charge in [0.1, 0.15) is 11.6 Å². The average molecular weight is 377 g/mol. The van der Waals surface area contributed by atoms with Gasteiger partial charge in [0.05, 0.1) is 22.2 Å². The summed E-state index contributed by atoms with van der Waals surface area (Å²) in [6, 6.07) is 11.8. The highest BCUT2D eigenvalue weighted by Crippen LogP contribution is 2.25. The molecular formula is C21H16FN3O3. The highest BCUT2D eigenvalue weighted by atomic mass is 19.1. The van der Waals surface area contributed by atoms with Crippen molar-refractivity contribution in [2.24, 2.45) is 0 Å². The van der Waals surface area contributed by atoms with E-state index in [0.29, 0.717) is 29.0 Å². The number of phenols is 1. The Labute approximate surface area is 158 Å². The van der Waals surface area contributed by atoms with Gasteiger partial charge in [0.15, 0.2) is 11.6 Å². The first-order valence-electron chi connectivity index (χ1n) is 8.70. The van der Waals surface area contributed by atoms with Gasteiger partial charge in [0.25, 0.3) is 5.56 Å². The molecule has 0 amide bonds. The molecule has 28 heavy (non-hydrogen) atoms. The van der Waals surface area contributed by atoms with Crippen LogP contribution in [0.5, 0.6) is 5.75 Å². The minimum Gasteiger partial charge on any atom is -0.507 e. The molecule has 4 rings (SSSR count). The van der Waals surface area contributed by atoms with Gasteiger partial charge < -0.3 is 14.7 Å². The SMILES string of the molecule is CCn1cc(C(=O)c2cc(F)ccc2O)cc1-c1nc2ccccc2c(=O)[nH]1. The third-order valence-electron chi connectivity index (χ3n) is 4.56. The van der Waals surface area contributed by atoms with Crippen LogP contribution in [0, 0.1) is 5.82 Å². The summed E-state index contributed by atoms with van der Waals surface area (Å²) >= 11 is 0. The molecule has 0 saturated carbocycles. The molecule has 0 aliphatic rings. The lowest BCUT2D eigenvalue weighted by Gasteiger charge is -2.06. The van der Waals surface area contributed by atoms with Crippen molar-refractivity contribution >= 4 is 16.7 Å². The number of aromatic nitrogens is 3. The van der Waals surface area contributed by atoms with Gasteiger partial charge in [-0.1, -0.05) is 12.1 Å². The number of rotatable bonds is 4. The number of hydrogen-bond acceptors (Lipinski definition) is 4. The molecule has 6 nitrogen and oxygen atoms in total. The number of nitrogens with one attached hydrogen (secondary N) is 1. The van der Waals surface area contributed by atoms with Crippen LogP contribution in [0.3, 0.4) is 0 Å². The smallest absolute Gasteiger partial charge is 0.259 e. The monoisotopic (exact) mass is 377 g/mol. The second kappa shape index (κ2) is 6.77. The number of phenolic OH excluding ortho intramolecular Hbond substituents is 1. The zero-order valence-electron chi connectivity index (χ0n) is 14.9. The summed E-state index contributed by atoms with van der Waals surface area (Å²) in [6.45, 7) is 2.41. The van der Waals surface area contributed by atoms with Gasteiger partial charge in [-0.25, -0.2) is 9.37 Å². The second-order valence-corrected chi connectivity index (χ2v) is 6.32. The van der Waals surface area contributed by atoms with Crippen LogP contribution in [-0.4, -0.2) is 25.4 Å². The van der Waals surface area contributed by atoms with E-state index in [0.717, 1.165) is 18.2 Å². The maximum Gasteiger partial charge on any atom is 0.259 e. The van der Waals surface area contributed by atoms with Crippen molar-refractivity contribution in [3.05, 3.63) is 82.0 Å². The molecule has 2 N–H and O–H groups in total. The Morgan fingerprint density at radius 2 is 2.00 bits per heavy atom. The van der Waals surface area contributed by atoms with Crippen molar-refractivity contribution in [3.8, 4) is 17.3 Å². The highest BCUT2D eigenvalue weighted by Gasteiger charge is 2.19. The van der Waals surface area contributed by atoms with Gasteiger partial charge in [0.2, 0.25) is 0 Å². The molecule has 0 aliphatic carbocycles. The number of para-hydroxylation sites is 1. The van der Waals surface area contributed by atoms with E-state index in [2.05, 4.69) is 9.97 Å². The lowest BCUT2D eigenvalue weighted by molar-refractivity contribution is 0.103. The summed E-state index contributed by atoms with van der Waals surface area (Å²) in [6.07, 6.45) is 1.59. The molecule has 0 fully saturated rings. The van der Waals surface area contributed by atoms with Crippen LogP contribution in [0.25, 0.3) is 22.4 Å². The van der Waals surface area contributed by atoms with Gasteiger partial charge in [0, 0.05) is 18.3 Å². The molecule has 0 radical (unpaired) electrons. The summed E-state index contributed by atoms with van der Waals surface area (Å²) in [5.74, 6) is -1.10. The molecule has 2 aromatic heterocycles. The lowest BCUT2D eigenvalue weighted by atomic mass is 10.0. The van der Waals surface area contributed by atoms with Gasteiger partial charge in [-0.3, -0.25) is 9.59 Å². The fourth-order valence-electron chi connectivity index (χ4n) is 3.15. The van der Waals surface area contributed by atoms with Crippen LogP contribution in [0.15, 0.2) is 59.5 Å². The molecular weight excluding hydrogens is 361 g/mol. The normalized spacial score (nSPS) is 11.1. The van der Waals surface area contributed by atoms with Crippen LogP contribution in [0.4, 0.5) is 4.39 Å². The fraction of sp³-hybridized carbons (Fsp3) is 0.0952. The average Bonchev–Trinajstić information content (AvgIpc) is 3.14. The molecule has 2 aromatic carbocycles. The lowest BCUT2D eigenvalue weighted by Crippen LogP contribution is -2.10. The third kappa shape index (κ3) is 2.96. The number of aryl methyl sites for hydroxylation is 1. The highest BCUT2D eigenvalue weighted by molar-refractivity contribution is 6.11. The van der Waals surface area contributed by atoms with Gasteiger partial charge in [-0.15, -0.1) is 0 Å². The van der Waals surface area contributed by atoms with Crippen LogP contribution in [-0.2, 0) is 6.54 Å². The molecule has 0 aliphatic heterocycles. The Bertz CT molecular complexity index is 1270. The molecule has 7 heteroatoms. The Morgan fingerprint density at radius 1 is 1.21 bits per heavy atom. The number of nitrogens with zero attached hydrogens (tertiary/aromatic N) is 2. The van der Waals surface area contributed by atoms with Crippen molar-refractivity contribution in [1.29, 1.82) is 0 Å². The molecule has 0 unspecified atom stereocenters. The van der Waals surface area contributed by atoms with Crippen molar-refractivity contribution in [2.75, 3.05) is 0 Å². The number of fused-ring (bicyclic) bond motifs is 1. The summed E-state index contributed by atoms with van der Waals surface area (Å²) in [4.78, 5) is 32.4. The summed E-state index contributed by atoms with van der Waals surface area (Å²) in [7, 11) is 0. The van der Waals surface area contributed by atoms with E-state index in [9.17, 15) is 19.1 Å². The van der Waals surface area contributed by atoms with Crippen LogP contribution < -0.4 is 5.56 Å². The summed E-state index contributed by atoms with van der Waals surface area (Å²) in [5.41, 5.74) is 0.943. The summed E-state index contributed by atoms with van der Waals surface area (Å²) in [5, 5.41) is 10.4. The zero-order chi connectivity index (χ0) is 19.8. The maximum absolute atomic E-state index is 13.5. The van der Waals surface area contributed by atoms with E-state index in [1.54, 1.807) is 41.1 Å². The van der Waals surface area contributed by atoms with E-state index < -0.39 is 11.6 Å². The standard InChI is InChI=1S/C21H16FN3O3/c1-2-25-11-12(19(27)15-10-13(22)7-8-18(15)26)9-17(25)20-23-16-6-4-3-5-14(16)21(28)24-20/h3-11,26H,2H2,1H3,(H,23,24,28). The van der Waals surface area contributed by atoms with E-state index in [1.165, 1.54) is 0 Å². The van der Waals surface area contributed by atoms with Crippen LogP contribution >= 0.6 is 0 Å². The zero-order valence-corrected chi connectivity index (χ0v) is 14.9. The van der Waals surface area contributed by atoms with Crippen LogP contribution in [0.2, 0.25) is 0 Å². The molecule has 4 aromatic rings. The second-order valence-electron chi connectivity index (χ2n) is 6.32. The molecule has 2 heterocycles. The number of halogens is 1. The van der Waals surface area contributed by atoms with Crippen molar-refractivity contribution < 1.29 is 14.3 Å².